The fraction of sp³-hybridized carbons (Fsp3) is 0. The van der Waals surface area contributed by atoms with E-state index in [-0.39, 0.29) is 5.82 Å². The van der Waals surface area contributed by atoms with Crippen LogP contribution in [0, 0.1) is 5.82 Å². The van der Waals surface area contributed by atoms with E-state index in [0.29, 0.717) is 0 Å². The number of halogens is 1. The van der Waals surface area contributed by atoms with E-state index in [0.717, 1.165) is 26.8 Å². The summed E-state index contributed by atoms with van der Waals surface area (Å²) in [4.78, 5) is 5.60. The maximum atomic E-state index is 13.5. The van der Waals surface area contributed by atoms with E-state index >= 15 is 0 Å². The molecule has 0 radical (unpaired) electrons. The van der Waals surface area contributed by atoms with Gasteiger partial charge in [0.15, 0.2) is 0 Å². The van der Waals surface area contributed by atoms with E-state index in [1.165, 1.54) is 17.8 Å². The van der Waals surface area contributed by atoms with Crippen LogP contribution in [0.15, 0.2) is 88.9 Å². The van der Waals surface area contributed by atoms with Crippen LogP contribution < -0.4 is 0 Å². The first-order valence-corrected chi connectivity index (χ1v) is 8.09. The quantitative estimate of drug-likeness (QED) is 0.510. The number of fused-ring (bicyclic) bond motifs is 1. The summed E-state index contributed by atoms with van der Waals surface area (Å²) in [7, 11) is 0. The van der Waals surface area contributed by atoms with Crippen LogP contribution >= 0.6 is 11.8 Å². The molecule has 2 nitrogen and oxygen atoms in total. The lowest BCUT2D eigenvalue weighted by atomic mass is 10.2. The third kappa shape index (κ3) is 2.73. The van der Waals surface area contributed by atoms with Gasteiger partial charge in [0.1, 0.15) is 22.2 Å². The van der Waals surface area contributed by atoms with Gasteiger partial charge in [0, 0.05) is 16.7 Å². The van der Waals surface area contributed by atoms with Crippen LogP contribution in [0.25, 0.3) is 16.9 Å². The Labute approximate surface area is 137 Å². The molecule has 4 rings (SSSR count). The lowest BCUT2D eigenvalue weighted by Gasteiger charge is -2.05. The molecule has 4 heteroatoms. The standard InChI is InChI=1S/C19H13FN2S/c20-15-9-6-10-16(13-15)23-19-18(14-7-2-1-3-8-14)21-17-11-4-5-12-22(17)19/h1-13H. The highest BCUT2D eigenvalue weighted by Gasteiger charge is 2.15. The molecule has 0 bridgehead atoms. The Morgan fingerprint density at radius 1 is 0.870 bits per heavy atom. The number of pyridine rings is 1. The Bertz CT molecular complexity index is 963. The highest BCUT2D eigenvalue weighted by Crippen LogP contribution is 2.36. The second kappa shape index (κ2) is 5.89. The van der Waals surface area contributed by atoms with Gasteiger partial charge in [0.25, 0.3) is 0 Å². The third-order valence-corrected chi connectivity index (χ3v) is 4.62. The van der Waals surface area contributed by atoms with Gasteiger partial charge >= 0.3 is 0 Å². The fourth-order valence-electron chi connectivity index (χ4n) is 2.50. The molecule has 0 unspecified atom stereocenters. The fourth-order valence-corrected chi connectivity index (χ4v) is 3.55. The number of hydrogen-bond acceptors (Lipinski definition) is 2. The first-order valence-electron chi connectivity index (χ1n) is 7.27. The molecular weight excluding hydrogens is 307 g/mol. The number of rotatable bonds is 3. The van der Waals surface area contributed by atoms with Crippen molar-refractivity contribution in [2.24, 2.45) is 0 Å². The summed E-state index contributed by atoms with van der Waals surface area (Å²) in [5.41, 5.74) is 2.84. The molecule has 0 aliphatic carbocycles. The van der Waals surface area contributed by atoms with Crippen molar-refractivity contribution in [3.05, 3.63) is 84.8 Å². The molecular formula is C19H13FN2S. The number of nitrogens with zero attached hydrogens (tertiary/aromatic N) is 2. The molecule has 0 amide bonds. The van der Waals surface area contributed by atoms with Crippen molar-refractivity contribution in [1.82, 2.24) is 9.38 Å². The first kappa shape index (κ1) is 14.0. The molecule has 0 spiro atoms. The number of aromatic nitrogens is 2. The van der Waals surface area contributed by atoms with Gasteiger partial charge < -0.3 is 0 Å². The zero-order valence-corrected chi connectivity index (χ0v) is 13.0. The molecule has 2 aromatic carbocycles. The van der Waals surface area contributed by atoms with E-state index in [2.05, 4.69) is 0 Å². The van der Waals surface area contributed by atoms with E-state index in [4.69, 9.17) is 4.98 Å². The van der Waals surface area contributed by atoms with Crippen molar-refractivity contribution in [2.75, 3.05) is 0 Å². The van der Waals surface area contributed by atoms with Crippen LogP contribution in [-0.2, 0) is 0 Å². The molecule has 4 aromatic rings. The summed E-state index contributed by atoms with van der Waals surface area (Å²) in [6, 6.07) is 22.6. The van der Waals surface area contributed by atoms with Gasteiger partial charge in [-0.2, -0.15) is 0 Å². The molecule has 112 valence electrons. The minimum atomic E-state index is -0.231. The molecule has 0 atom stereocenters. The Balaban J connectivity index is 1.89. The summed E-state index contributed by atoms with van der Waals surface area (Å²) in [5.74, 6) is -0.231. The van der Waals surface area contributed by atoms with Crippen LogP contribution in [0.3, 0.4) is 0 Å². The predicted octanol–water partition coefficient (Wildman–Crippen LogP) is 5.29. The predicted molar refractivity (Wildman–Crippen MR) is 91.2 cm³/mol. The largest absolute Gasteiger partial charge is 0.294 e. The molecule has 0 saturated carbocycles. The van der Waals surface area contributed by atoms with E-state index in [1.807, 2.05) is 65.2 Å². The van der Waals surface area contributed by atoms with Gasteiger partial charge in [-0.15, -0.1) is 0 Å². The van der Waals surface area contributed by atoms with Crippen molar-refractivity contribution in [1.29, 1.82) is 0 Å². The molecule has 0 aliphatic rings. The highest BCUT2D eigenvalue weighted by atomic mass is 32.2. The molecule has 2 heterocycles. The molecule has 0 aliphatic heterocycles. The van der Waals surface area contributed by atoms with Crippen LogP contribution in [0.5, 0.6) is 0 Å². The molecule has 23 heavy (non-hydrogen) atoms. The highest BCUT2D eigenvalue weighted by molar-refractivity contribution is 7.99. The maximum Gasteiger partial charge on any atom is 0.138 e. The van der Waals surface area contributed by atoms with Crippen LogP contribution in [0.4, 0.5) is 4.39 Å². The Hall–Kier alpha value is -2.59. The lowest BCUT2D eigenvalue weighted by Crippen LogP contribution is -1.87. The SMILES string of the molecule is Fc1cccc(Sc2c(-c3ccccc3)nc3ccccn23)c1. The van der Waals surface area contributed by atoms with Crippen molar-refractivity contribution >= 4 is 17.4 Å². The maximum absolute atomic E-state index is 13.5. The minimum Gasteiger partial charge on any atom is -0.294 e. The topological polar surface area (TPSA) is 17.3 Å². The molecule has 0 fully saturated rings. The average Bonchev–Trinajstić information content (AvgIpc) is 2.95. The van der Waals surface area contributed by atoms with Gasteiger partial charge in [-0.3, -0.25) is 4.40 Å². The van der Waals surface area contributed by atoms with Crippen LogP contribution in [0.1, 0.15) is 0 Å². The van der Waals surface area contributed by atoms with Gasteiger partial charge in [-0.25, -0.2) is 9.37 Å². The zero-order chi connectivity index (χ0) is 15.6. The Kier molecular flexibility index (Phi) is 3.60. The second-order valence-electron chi connectivity index (χ2n) is 5.12. The first-order chi connectivity index (χ1) is 11.3. The molecule has 0 saturated heterocycles. The summed E-state index contributed by atoms with van der Waals surface area (Å²) in [6.45, 7) is 0. The number of benzene rings is 2. The normalized spacial score (nSPS) is 11.0. The van der Waals surface area contributed by atoms with Gasteiger partial charge in [-0.1, -0.05) is 54.2 Å². The van der Waals surface area contributed by atoms with Gasteiger partial charge in [-0.05, 0) is 30.3 Å². The van der Waals surface area contributed by atoms with Crippen LogP contribution in [0.2, 0.25) is 0 Å². The number of hydrogen-bond donors (Lipinski definition) is 0. The summed E-state index contributed by atoms with van der Waals surface area (Å²) in [5, 5.41) is 0.984. The lowest BCUT2D eigenvalue weighted by molar-refractivity contribution is 0.624. The van der Waals surface area contributed by atoms with Crippen molar-refractivity contribution in [2.45, 2.75) is 9.92 Å². The van der Waals surface area contributed by atoms with Crippen LogP contribution in [-0.4, -0.2) is 9.38 Å². The summed E-state index contributed by atoms with van der Waals surface area (Å²) < 4.78 is 15.5. The van der Waals surface area contributed by atoms with E-state index < -0.39 is 0 Å². The van der Waals surface area contributed by atoms with Crippen molar-refractivity contribution < 1.29 is 4.39 Å². The van der Waals surface area contributed by atoms with Crippen molar-refractivity contribution in [3.8, 4) is 11.3 Å². The summed E-state index contributed by atoms with van der Waals surface area (Å²) in [6.07, 6.45) is 1.98. The van der Waals surface area contributed by atoms with Gasteiger partial charge in [0.05, 0.1) is 0 Å². The van der Waals surface area contributed by atoms with Crippen molar-refractivity contribution in [3.63, 3.8) is 0 Å². The average molecular weight is 320 g/mol. The molecule has 0 N–H and O–H groups in total. The minimum absolute atomic E-state index is 0.231. The molecule has 2 aromatic heterocycles. The van der Waals surface area contributed by atoms with E-state index in [9.17, 15) is 4.39 Å². The second-order valence-corrected chi connectivity index (χ2v) is 6.18. The van der Waals surface area contributed by atoms with Gasteiger partial charge in [0.2, 0.25) is 0 Å². The summed E-state index contributed by atoms with van der Waals surface area (Å²) >= 11 is 1.52. The number of imidazole rings is 1. The monoisotopic (exact) mass is 320 g/mol. The Morgan fingerprint density at radius 2 is 1.70 bits per heavy atom. The smallest absolute Gasteiger partial charge is 0.138 e. The zero-order valence-electron chi connectivity index (χ0n) is 12.2. The van der Waals surface area contributed by atoms with E-state index in [1.54, 1.807) is 12.1 Å². The third-order valence-electron chi connectivity index (χ3n) is 3.54. The Morgan fingerprint density at radius 3 is 2.52 bits per heavy atom.